The van der Waals surface area contributed by atoms with Gasteiger partial charge in [-0.05, 0) is 48.2 Å². The molecule has 3 amide bonds. The number of para-hydroxylation sites is 1. The van der Waals surface area contributed by atoms with Crippen LogP contribution in [0.3, 0.4) is 0 Å². The number of hydrogen-bond acceptors (Lipinski definition) is 6. The highest BCUT2D eigenvalue weighted by Gasteiger charge is 2.36. The molecule has 1 aliphatic rings. The Kier molecular flexibility index (Phi) is 5.46. The second-order valence-electron chi connectivity index (χ2n) is 5.61. The predicted octanol–water partition coefficient (Wildman–Crippen LogP) is 3.08. The van der Waals surface area contributed by atoms with Crippen LogP contribution in [0.25, 0.3) is 6.08 Å². The summed E-state index contributed by atoms with van der Waals surface area (Å²) in [6.45, 7) is -0.388. The van der Waals surface area contributed by atoms with E-state index < -0.39 is 17.1 Å². The number of rotatable bonds is 5. The van der Waals surface area contributed by atoms with Crippen LogP contribution in [0.5, 0.6) is 11.5 Å². The van der Waals surface area contributed by atoms with Crippen molar-refractivity contribution >= 4 is 40.6 Å². The number of ether oxygens (including phenoxy) is 1. The molecular weight excluding hydrogens is 368 g/mol. The monoisotopic (exact) mass is 384 g/mol. The Morgan fingerprint density at radius 1 is 1.22 bits per heavy atom. The number of imide groups is 1. The van der Waals surface area contributed by atoms with Crippen LogP contribution in [0.15, 0.2) is 53.4 Å². The highest BCUT2D eigenvalue weighted by atomic mass is 32.2. The first-order valence-electron chi connectivity index (χ1n) is 7.95. The molecule has 0 atom stereocenters. The number of aromatic hydroxyl groups is 1. The molecule has 0 bridgehead atoms. The summed E-state index contributed by atoms with van der Waals surface area (Å²) in [6, 6.07) is 13.3. The van der Waals surface area contributed by atoms with E-state index in [9.17, 15) is 19.5 Å². The Bertz CT molecular complexity index is 927. The molecule has 0 radical (unpaired) electrons. The van der Waals surface area contributed by atoms with Gasteiger partial charge in [-0.15, -0.1) is 0 Å². The topological polar surface area (TPSA) is 95.9 Å². The van der Waals surface area contributed by atoms with E-state index in [0.29, 0.717) is 28.8 Å². The number of carbonyl (C=O) groups excluding carboxylic acids is 3. The minimum absolute atomic E-state index is 0.0515. The van der Waals surface area contributed by atoms with Crippen LogP contribution in [-0.4, -0.2) is 40.7 Å². The van der Waals surface area contributed by atoms with Crippen LogP contribution in [0.4, 0.5) is 10.5 Å². The summed E-state index contributed by atoms with van der Waals surface area (Å²) in [4.78, 5) is 37.7. The van der Waals surface area contributed by atoms with Crippen molar-refractivity contribution < 1.29 is 24.2 Å². The van der Waals surface area contributed by atoms with Crippen molar-refractivity contribution in [2.45, 2.75) is 0 Å². The van der Waals surface area contributed by atoms with Crippen molar-refractivity contribution in [3.8, 4) is 11.5 Å². The summed E-state index contributed by atoms with van der Waals surface area (Å²) >= 11 is 0.714. The number of carbonyl (C=O) groups is 3. The number of phenols is 1. The van der Waals surface area contributed by atoms with Gasteiger partial charge >= 0.3 is 0 Å². The predicted molar refractivity (Wildman–Crippen MR) is 102 cm³/mol. The van der Waals surface area contributed by atoms with E-state index in [2.05, 4.69) is 5.32 Å². The van der Waals surface area contributed by atoms with Gasteiger partial charge in [-0.25, -0.2) is 0 Å². The smallest absolute Gasteiger partial charge is 0.294 e. The highest BCUT2D eigenvalue weighted by molar-refractivity contribution is 8.18. The molecule has 2 aromatic carbocycles. The molecule has 0 aromatic heterocycles. The Labute approximate surface area is 159 Å². The van der Waals surface area contributed by atoms with Crippen LogP contribution in [0.1, 0.15) is 5.56 Å². The number of hydrogen-bond donors (Lipinski definition) is 2. The van der Waals surface area contributed by atoms with E-state index in [1.165, 1.54) is 19.3 Å². The SMILES string of the molecule is COc1ccc(O)c(/C=C2\SC(=O)N(CC(=O)Nc3ccccc3)C2=O)c1. The van der Waals surface area contributed by atoms with Crippen molar-refractivity contribution in [1.82, 2.24) is 4.90 Å². The fraction of sp³-hybridized carbons (Fsp3) is 0.105. The van der Waals surface area contributed by atoms with Crippen LogP contribution in [0.2, 0.25) is 0 Å². The van der Waals surface area contributed by atoms with Gasteiger partial charge in [0, 0.05) is 11.3 Å². The zero-order valence-corrected chi connectivity index (χ0v) is 15.2. The summed E-state index contributed by atoms with van der Waals surface area (Å²) in [5, 5.41) is 12.0. The van der Waals surface area contributed by atoms with E-state index in [1.807, 2.05) is 6.07 Å². The van der Waals surface area contributed by atoms with E-state index in [-0.39, 0.29) is 17.2 Å². The maximum atomic E-state index is 12.5. The second-order valence-corrected chi connectivity index (χ2v) is 6.60. The summed E-state index contributed by atoms with van der Waals surface area (Å²) in [5.74, 6) is -0.616. The van der Waals surface area contributed by atoms with Gasteiger partial charge in [0.1, 0.15) is 18.0 Å². The van der Waals surface area contributed by atoms with Crippen LogP contribution < -0.4 is 10.1 Å². The van der Waals surface area contributed by atoms with Crippen LogP contribution in [0, 0.1) is 0 Å². The number of phenolic OH excluding ortho intramolecular Hbond substituents is 1. The normalized spacial score (nSPS) is 15.3. The van der Waals surface area contributed by atoms with Crippen LogP contribution >= 0.6 is 11.8 Å². The molecule has 2 aromatic rings. The van der Waals surface area contributed by atoms with Gasteiger partial charge in [-0.1, -0.05) is 18.2 Å². The molecule has 1 saturated heterocycles. The molecular formula is C19H16N2O5S. The largest absolute Gasteiger partial charge is 0.507 e. The van der Waals surface area contributed by atoms with E-state index in [1.54, 1.807) is 36.4 Å². The van der Waals surface area contributed by atoms with E-state index in [0.717, 1.165) is 4.90 Å². The third-order valence-electron chi connectivity index (χ3n) is 3.75. The fourth-order valence-corrected chi connectivity index (χ4v) is 3.25. The molecule has 0 spiro atoms. The minimum Gasteiger partial charge on any atom is -0.507 e. The lowest BCUT2D eigenvalue weighted by atomic mass is 10.1. The van der Waals surface area contributed by atoms with Gasteiger partial charge in [0.25, 0.3) is 11.1 Å². The molecule has 0 aliphatic carbocycles. The number of anilines is 1. The number of amides is 3. The first-order chi connectivity index (χ1) is 13.0. The molecule has 7 nitrogen and oxygen atoms in total. The van der Waals surface area contributed by atoms with Crippen molar-refractivity contribution in [2.75, 3.05) is 19.0 Å². The average molecular weight is 384 g/mol. The number of methoxy groups -OCH3 is 1. The van der Waals surface area contributed by atoms with Gasteiger partial charge in [0.2, 0.25) is 5.91 Å². The maximum Gasteiger partial charge on any atom is 0.294 e. The molecule has 0 saturated carbocycles. The quantitative estimate of drug-likeness (QED) is 0.769. The minimum atomic E-state index is -0.588. The lowest BCUT2D eigenvalue weighted by Crippen LogP contribution is -2.36. The number of nitrogens with one attached hydrogen (secondary N) is 1. The summed E-state index contributed by atoms with van der Waals surface area (Å²) in [6.07, 6.45) is 1.40. The third kappa shape index (κ3) is 4.29. The van der Waals surface area contributed by atoms with Gasteiger partial charge in [-0.2, -0.15) is 0 Å². The van der Waals surface area contributed by atoms with E-state index >= 15 is 0 Å². The Morgan fingerprint density at radius 3 is 2.67 bits per heavy atom. The molecule has 1 heterocycles. The van der Waals surface area contributed by atoms with Crippen molar-refractivity contribution in [2.24, 2.45) is 0 Å². The molecule has 27 heavy (non-hydrogen) atoms. The van der Waals surface area contributed by atoms with Crippen molar-refractivity contribution in [1.29, 1.82) is 0 Å². The number of thioether (sulfide) groups is 1. The summed E-state index contributed by atoms with van der Waals surface area (Å²) in [5.41, 5.74) is 0.917. The fourth-order valence-electron chi connectivity index (χ4n) is 2.42. The Hall–Kier alpha value is -3.26. The van der Waals surface area contributed by atoms with E-state index in [4.69, 9.17) is 4.74 Å². The first kappa shape index (κ1) is 18.5. The molecule has 3 rings (SSSR count). The summed E-state index contributed by atoms with van der Waals surface area (Å²) < 4.78 is 5.09. The standard InChI is InChI=1S/C19H16N2O5S/c1-26-14-7-8-15(22)12(9-14)10-16-18(24)21(19(25)27-16)11-17(23)20-13-5-3-2-4-6-13/h2-10,22H,11H2,1H3,(H,20,23)/b16-10-. The molecule has 1 fully saturated rings. The molecule has 138 valence electrons. The lowest BCUT2D eigenvalue weighted by Gasteiger charge is -2.12. The zero-order chi connectivity index (χ0) is 19.4. The molecule has 1 aliphatic heterocycles. The third-order valence-corrected chi connectivity index (χ3v) is 4.66. The highest BCUT2D eigenvalue weighted by Crippen LogP contribution is 2.34. The number of nitrogens with zero attached hydrogens (tertiary/aromatic N) is 1. The molecule has 8 heteroatoms. The average Bonchev–Trinajstić information content (AvgIpc) is 2.91. The second kappa shape index (κ2) is 7.96. The molecule has 2 N–H and O–H groups in total. The Morgan fingerprint density at radius 2 is 1.96 bits per heavy atom. The van der Waals surface area contributed by atoms with Crippen molar-refractivity contribution in [3.63, 3.8) is 0 Å². The van der Waals surface area contributed by atoms with Gasteiger partial charge in [0.15, 0.2) is 0 Å². The van der Waals surface area contributed by atoms with Crippen LogP contribution in [-0.2, 0) is 9.59 Å². The van der Waals surface area contributed by atoms with Gasteiger partial charge in [-0.3, -0.25) is 19.3 Å². The lowest BCUT2D eigenvalue weighted by molar-refractivity contribution is -0.127. The summed E-state index contributed by atoms with van der Waals surface area (Å²) in [7, 11) is 1.48. The Balaban J connectivity index is 1.74. The van der Waals surface area contributed by atoms with Gasteiger partial charge in [0.05, 0.1) is 12.0 Å². The first-order valence-corrected chi connectivity index (χ1v) is 8.77. The van der Waals surface area contributed by atoms with Crippen molar-refractivity contribution in [3.05, 3.63) is 59.0 Å². The molecule has 0 unspecified atom stereocenters. The number of benzene rings is 2. The van der Waals surface area contributed by atoms with Gasteiger partial charge < -0.3 is 15.2 Å². The zero-order valence-electron chi connectivity index (χ0n) is 14.3. The maximum absolute atomic E-state index is 12.5.